The summed E-state index contributed by atoms with van der Waals surface area (Å²) in [7, 11) is 1.78. The van der Waals surface area contributed by atoms with Crippen molar-refractivity contribution in [2.24, 2.45) is 10.9 Å². The molecule has 0 heterocycles. The molecule has 0 atom stereocenters. The van der Waals surface area contributed by atoms with Gasteiger partial charge in [0.1, 0.15) is 12.4 Å². The maximum absolute atomic E-state index is 11.1. The van der Waals surface area contributed by atoms with Crippen molar-refractivity contribution < 1.29 is 9.53 Å². The molecule has 1 saturated carbocycles. The predicted molar refractivity (Wildman–Crippen MR) is 107 cm³/mol. The number of hydrogen-bond donors (Lipinski definition) is 3. The second-order valence-electron chi connectivity index (χ2n) is 6.78. The highest BCUT2D eigenvalue weighted by Gasteiger charge is 2.13. The highest BCUT2D eigenvalue weighted by molar-refractivity contribution is 5.88. The molecule has 0 radical (unpaired) electrons. The van der Waals surface area contributed by atoms with Crippen molar-refractivity contribution in [1.29, 1.82) is 0 Å². The van der Waals surface area contributed by atoms with Crippen LogP contribution in [0.2, 0.25) is 0 Å². The summed E-state index contributed by atoms with van der Waals surface area (Å²) in [6, 6.07) is 7.39. The number of rotatable bonds is 9. The molecule has 0 spiro atoms. The lowest BCUT2D eigenvalue weighted by Crippen LogP contribution is -2.39. The van der Waals surface area contributed by atoms with Crippen LogP contribution in [0.1, 0.15) is 45.4 Å². The van der Waals surface area contributed by atoms with E-state index in [1.54, 1.807) is 7.05 Å². The van der Waals surface area contributed by atoms with Crippen molar-refractivity contribution in [2.45, 2.75) is 45.4 Å². The van der Waals surface area contributed by atoms with E-state index in [0.29, 0.717) is 13.2 Å². The lowest BCUT2D eigenvalue weighted by Gasteiger charge is -2.14. The number of hydrogen-bond acceptors (Lipinski definition) is 3. The van der Waals surface area contributed by atoms with Crippen molar-refractivity contribution in [1.82, 2.24) is 10.6 Å². The van der Waals surface area contributed by atoms with E-state index in [1.807, 2.05) is 24.3 Å². The second-order valence-corrected chi connectivity index (χ2v) is 6.78. The topological polar surface area (TPSA) is 74.8 Å². The largest absolute Gasteiger partial charge is 0.492 e. The number of aliphatic imine (C=N–C) groups is 1. The maximum atomic E-state index is 11.1. The molecule has 6 nitrogen and oxygen atoms in total. The fraction of sp³-hybridized carbons (Fsp3) is 0.600. The minimum atomic E-state index is -0.0911. The summed E-state index contributed by atoms with van der Waals surface area (Å²) in [5, 5.41) is 9.37. The quantitative estimate of drug-likeness (QED) is 0.359. The number of benzene rings is 1. The fourth-order valence-electron chi connectivity index (χ4n) is 3.32. The van der Waals surface area contributed by atoms with Gasteiger partial charge in [0.2, 0.25) is 5.91 Å². The Morgan fingerprint density at radius 3 is 2.73 bits per heavy atom. The van der Waals surface area contributed by atoms with Crippen molar-refractivity contribution in [3.05, 3.63) is 24.3 Å². The van der Waals surface area contributed by atoms with Crippen LogP contribution in [0.15, 0.2) is 29.3 Å². The van der Waals surface area contributed by atoms with Crippen LogP contribution in [0.25, 0.3) is 0 Å². The van der Waals surface area contributed by atoms with E-state index >= 15 is 0 Å². The first-order chi connectivity index (χ1) is 12.7. The average molecular weight is 361 g/mol. The van der Waals surface area contributed by atoms with Crippen molar-refractivity contribution in [2.75, 3.05) is 32.1 Å². The van der Waals surface area contributed by atoms with E-state index in [-0.39, 0.29) is 5.91 Å². The molecule has 26 heavy (non-hydrogen) atoms. The molecule has 1 aromatic carbocycles. The molecule has 144 valence electrons. The molecule has 1 amide bonds. The standard InChI is InChI=1S/C20H32N4O2/c1-16(25)24-18-10-5-11-19(15-18)26-14-13-23-20(21-2)22-12-6-9-17-7-3-4-8-17/h5,10-11,15,17H,3-4,6-9,12-14H2,1-2H3,(H,24,25)(H2,21,22,23). The zero-order valence-electron chi connectivity index (χ0n) is 16.0. The summed E-state index contributed by atoms with van der Waals surface area (Å²) < 4.78 is 5.72. The smallest absolute Gasteiger partial charge is 0.221 e. The Bertz CT molecular complexity index is 583. The van der Waals surface area contributed by atoms with E-state index in [0.717, 1.165) is 29.9 Å². The molecule has 1 aliphatic rings. The van der Waals surface area contributed by atoms with Crippen molar-refractivity contribution >= 4 is 17.6 Å². The van der Waals surface area contributed by atoms with Crippen LogP contribution in [0.3, 0.4) is 0 Å². The van der Waals surface area contributed by atoms with E-state index in [4.69, 9.17) is 4.74 Å². The Labute approximate surface area is 156 Å². The van der Waals surface area contributed by atoms with Gasteiger partial charge in [-0.25, -0.2) is 0 Å². The SMILES string of the molecule is CN=C(NCCCC1CCCC1)NCCOc1cccc(NC(C)=O)c1. The molecular weight excluding hydrogens is 328 g/mol. The number of nitrogens with one attached hydrogen (secondary N) is 3. The van der Waals surface area contributed by atoms with Gasteiger partial charge in [0.05, 0.1) is 6.54 Å². The first-order valence-corrected chi connectivity index (χ1v) is 9.62. The number of ether oxygens (including phenoxy) is 1. The first-order valence-electron chi connectivity index (χ1n) is 9.62. The molecule has 6 heteroatoms. The van der Waals surface area contributed by atoms with Crippen LogP contribution in [-0.2, 0) is 4.79 Å². The molecule has 2 rings (SSSR count). The van der Waals surface area contributed by atoms with Gasteiger partial charge in [-0.05, 0) is 30.9 Å². The third-order valence-electron chi connectivity index (χ3n) is 4.60. The highest BCUT2D eigenvalue weighted by atomic mass is 16.5. The minimum Gasteiger partial charge on any atom is -0.492 e. The van der Waals surface area contributed by atoms with Crippen molar-refractivity contribution in [3.63, 3.8) is 0 Å². The minimum absolute atomic E-state index is 0.0911. The normalized spacial score (nSPS) is 14.9. The summed E-state index contributed by atoms with van der Waals surface area (Å²) in [4.78, 5) is 15.3. The molecule has 1 fully saturated rings. The lowest BCUT2D eigenvalue weighted by atomic mass is 10.0. The van der Waals surface area contributed by atoms with E-state index in [2.05, 4.69) is 20.9 Å². The molecule has 3 N–H and O–H groups in total. The van der Waals surface area contributed by atoms with Gasteiger partial charge in [-0.15, -0.1) is 0 Å². The Balaban J connectivity index is 1.59. The Morgan fingerprint density at radius 1 is 1.23 bits per heavy atom. The number of carbonyl (C=O) groups is 1. The summed E-state index contributed by atoms with van der Waals surface area (Å²) in [6.45, 7) is 3.62. The second kappa shape index (κ2) is 11.4. The molecule has 0 saturated heterocycles. The predicted octanol–water partition coefficient (Wildman–Crippen LogP) is 3.16. The fourth-order valence-corrected chi connectivity index (χ4v) is 3.32. The zero-order valence-corrected chi connectivity index (χ0v) is 16.0. The van der Waals surface area contributed by atoms with E-state index in [9.17, 15) is 4.79 Å². The average Bonchev–Trinajstić information content (AvgIpc) is 3.13. The van der Waals surface area contributed by atoms with Gasteiger partial charge in [-0.3, -0.25) is 9.79 Å². The number of anilines is 1. The highest BCUT2D eigenvalue weighted by Crippen LogP contribution is 2.28. The molecule has 0 aromatic heterocycles. The number of nitrogens with zero attached hydrogens (tertiary/aromatic N) is 1. The van der Waals surface area contributed by atoms with Gasteiger partial charge < -0.3 is 20.7 Å². The third-order valence-corrected chi connectivity index (χ3v) is 4.60. The summed E-state index contributed by atoms with van der Waals surface area (Å²) in [6.07, 6.45) is 8.15. The molecule has 1 aromatic rings. The van der Waals surface area contributed by atoms with Crippen LogP contribution in [0, 0.1) is 5.92 Å². The summed E-state index contributed by atoms with van der Waals surface area (Å²) in [5.74, 6) is 2.39. The third kappa shape index (κ3) is 7.76. The van der Waals surface area contributed by atoms with E-state index < -0.39 is 0 Å². The van der Waals surface area contributed by atoms with Gasteiger partial charge in [-0.1, -0.05) is 31.7 Å². The van der Waals surface area contributed by atoms with Gasteiger partial charge in [-0.2, -0.15) is 0 Å². The van der Waals surface area contributed by atoms with E-state index in [1.165, 1.54) is 45.4 Å². The van der Waals surface area contributed by atoms with Gasteiger partial charge in [0.25, 0.3) is 0 Å². The number of guanidine groups is 1. The van der Waals surface area contributed by atoms with Gasteiger partial charge in [0.15, 0.2) is 5.96 Å². The number of amides is 1. The number of carbonyl (C=O) groups excluding carboxylic acids is 1. The van der Waals surface area contributed by atoms with Crippen molar-refractivity contribution in [3.8, 4) is 5.75 Å². The molecule has 0 unspecified atom stereocenters. The molecule has 1 aliphatic carbocycles. The molecular formula is C20H32N4O2. The van der Waals surface area contributed by atoms with Gasteiger partial charge in [0, 0.05) is 32.3 Å². The van der Waals surface area contributed by atoms with Gasteiger partial charge >= 0.3 is 0 Å². The first kappa shape index (κ1) is 20.1. The zero-order chi connectivity index (χ0) is 18.6. The Hall–Kier alpha value is -2.24. The van der Waals surface area contributed by atoms with Crippen LogP contribution < -0.4 is 20.7 Å². The summed E-state index contributed by atoms with van der Waals surface area (Å²) in [5.41, 5.74) is 0.739. The summed E-state index contributed by atoms with van der Waals surface area (Å²) >= 11 is 0. The Kier molecular flexibility index (Phi) is 8.79. The van der Waals surface area contributed by atoms with Crippen LogP contribution in [0.4, 0.5) is 5.69 Å². The van der Waals surface area contributed by atoms with Crippen LogP contribution >= 0.6 is 0 Å². The van der Waals surface area contributed by atoms with Crippen LogP contribution in [0.5, 0.6) is 5.75 Å². The van der Waals surface area contributed by atoms with Crippen LogP contribution in [-0.4, -0.2) is 38.6 Å². The monoisotopic (exact) mass is 360 g/mol. The maximum Gasteiger partial charge on any atom is 0.221 e. The molecule has 0 bridgehead atoms. The lowest BCUT2D eigenvalue weighted by molar-refractivity contribution is -0.114. The molecule has 0 aliphatic heterocycles. The Morgan fingerprint density at radius 2 is 2.00 bits per heavy atom.